The fraction of sp³-hybridized carbons (Fsp3) is 0.286. The molecule has 1 aliphatic rings. The number of nitrogens with zero attached hydrogens (tertiary/aromatic N) is 2. The summed E-state index contributed by atoms with van der Waals surface area (Å²) in [4.78, 5) is 15.4. The number of thiocarbonyl (C=S) groups is 1. The van der Waals surface area contributed by atoms with Crippen LogP contribution < -0.4 is 4.90 Å². The second-order valence-electron chi connectivity index (χ2n) is 4.53. The van der Waals surface area contributed by atoms with Crippen LogP contribution in [0.4, 0.5) is 5.69 Å². The number of carbonyl (C=O) groups is 1. The van der Waals surface area contributed by atoms with Crippen LogP contribution in [0.25, 0.3) is 6.08 Å². The summed E-state index contributed by atoms with van der Waals surface area (Å²) in [6, 6.07) is 5.61. The van der Waals surface area contributed by atoms with Gasteiger partial charge in [0.25, 0.3) is 11.1 Å². The molecule has 0 aliphatic carbocycles. The maximum absolute atomic E-state index is 12.0. The number of ether oxygens (including phenoxy) is 1. The van der Waals surface area contributed by atoms with E-state index in [1.807, 2.05) is 44.1 Å². The van der Waals surface area contributed by atoms with Gasteiger partial charge in [-0.05, 0) is 42.9 Å². The van der Waals surface area contributed by atoms with Crippen LogP contribution in [0.15, 0.2) is 24.0 Å². The van der Waals surface area contributed by atoms with E-state index in [2.05, 4.69) is 0 Å². The number of halogens is 1. The second-order valence-corrected chi connectivity index (χ2v) is 5.28. The summed E-state index contributed by atoms with van der Waals surface area (Å²) in [5.41, 5.74) is 1.71. The van der Waals surface area contributed by atoms with Gasteiger partial charge in [0.05, 0.1) is 0 Å². The van der Waals surface area contributed by atoms with Gasteiger partial charge in [-0.15, -0.1) is 0 Å². The van der Waals surface area contributed by atoms with Gasteiger partial charge in [-0.1, -0.05) is 17.7 Å². The summed E-state index contributed by atoms with van der Waals surface area (Å²) in [5.74, 6) is -0.0263. The molecule has 4 nitrogen and oxygen atoms in total. The first-order valence-electron chi connectivity index (χ1n) is 6.16. The number of carbonyl (C=O) groups excluding carboxylic acids is 1. The Morgan fingerprint density at radius 3 is 2.65 bits per heavy atom. The first-order chi connectivity index (χ1) is 9.43. The maximum atomic E-state index is 12.0. The molecule has 2 rings (SSSR count). The van der Waals surface area contributed by atoms with Gasteiger partial charge in [-0.2, -0.15) is 0 Å². The van der Waals surface area contributed by atoms with E-state index in [1.54, 1.807) is 6.08 Å². The van der Waals surface area contributed by atoms with E-state index >= 15 is 0 Å². The normalized spacial score (nSPS) is 16.8. The molecular formula is C14H15ClN2O2S. The van der Waals surface area contributed by atoms with E-state index in [1.165, 1.54) is 4.90 Å². The van der Waals surface area contributed by atoms with Crippen LogP contribution >= 0.6 is 23.8 Å². The molecule has 0 bridgehead atoms. The van der Waals surface area contributed by atoms with Crippen LogP contribution in [0.5, 0.6) is 0 Å². The van der Waals surface area contributed by atoms with Crippen LogP contribution in [0.2, 0.25) is 5.02 Å². The number of rotatable bonds is 3. The molecule has 0 saturated carbocycles. The van der Waals surface area contributed by atoms with Gasteiger partial charge < -0.3 is 9.64 Å². The summed E-state index contributed by atoms with van der Waals surface area (Å²) >= 11 is 11.2. The summed E-state index contributed by atoms with van der Waals surface area (Å²) < 4.78 is 5.31. The molecule has 1 aliphatic heterocycles. The average molecular weight is 311 g/mol. The zero-order valence-corrected chi connectivity index (χ0v) is 13.1. The topological polar surface area (TPSA) is 32.8 Å². The van der Waals surface area contributed by atoms with Crippen LogP contribution in [0, 0.1) is 0 Å². The molecule has 1 fully saturated rings. The third-order valence-electron chi connectivity index (χ3n) is 2.98. The van der Waals surface area contributed by atoms with E-state index in [9.17, 15) is 4.79 Å². The molecule has 1 aromatic carbocycles. The van der Waals surface area contributed by atoms with Gasteiger partial charge in [0.2, 0.25) is 0 Å². The van der Waals surface area contributed by atoms with Gasteiger partial charge in [0.15, 0.2) is 5.76 Å². The van der Waals surface area contributed by atoms with E-state index in [0.29, 0.717) is 11.6 Å². The Bertz CT molecular complexity index is 599. The minimum Gasteiger partial charge on any atom is -0.426 e. The lowest BCUT2D eigenvalue weighted by Gasteiger charge is -2.13. The zero-order chi connectivity index (χ0) is 14.9. The summed E-state index contributed by atoms with van der Waals surface area (Å²) in [6.45, 7) is 2.33. The summed E-state index contributed by atoms with van der Waals surface area (Å²) in [6.07, 6.45) is 1.62. The van der Waals surface area contributed by atoms with Gasteiger partial charge in [-0.25, -0.2) is 0 Å². The smallest absolute Gasteiger partial charge is 0.297 e. The van der Waals surface area contributed by atoms with Gasteiger partial charge >= 0.3 is 0 Å². The van der Waals surface area contributed by atoms with Gasteiger partial charge in [0.1, 0.15) is 0 Å². The molecular weight excluding hydrogens is 296 g/mol. The van der Waals surface area contributed by atoms with Gasteiger partial charge in [-0.3, -0.25) is 9.69 Å². The number of likely N-dealkylation sites (N-methyl/N-ethyl adjacent to an activating group) is 1. The van der Waals surface area contributed by atoms with Crippen molar-refractivity contribution in [3.05, 3.63) is 34.5 Å². The third kappa shape index (κ3) is 2.78. The Labute approximate surface area is 128 Å². The van der Waals surface area contributed by atoms with Crippen molar-refractivity contribution in [1.29, 1.82) is 0 Å². The number of hydrogen-bond donors (Lipinski definition) is 0. The number of anilines is 1. The van der Waals surface area contributed by atoms with Crippen molar-refractivity contribution in [1.82, 2.24) is 4.90 Å². The molecule has 0 N–H and O–H groups in total. The Morgan fingerprint density at radius 2 is 2.15 bits per heavy atom. The molecule has 0 aromatic heterocycles. The number of hydrogen-bond acceptors (Lipinski definition) is 4. The van der Waals surface area contributed by atoms with Crippen molar-refractivity contribution in [3.8, 4) is 0 Å². The van der Waals surface area contributed by atoms with Crippen LogP contribution in [-0.4, -0.2) is 36.6 Å². The lowest BCUT2D eigenvalue weighted by molar-refractivity contribution is -0.122. The van der Waals surface area contributed by atoms with E-state index in [0.717, 1.165) is 11.3 Å². The molecule has 20 heavy (non-hydrogen) atoms. The fourth-order valence-corrected chi connectivity index (χ4v) is 2.36. The molecule has 0 spiro atoms. The Hall–Kier alpha value is -1.59. The van der Waals surface area contributed by atoms with Crippen molar-refractivity contribution in [3.63, 3.8) is 0 Å². The van der Waals surface area contributed by atoms with E-state index in [4.69, 9.17) is 28.6 Å². The number of benzene rings is 1. The molecule has 1 aromatic rings. The van der Waals surface area contributed by atoms with Crippen molar-refractivity contribution in [2.24, 2.45) is 0 Å². The molecule has 0 radical (unpaired) electrons. The second kappa shape index (κ2) is 5.81. The monoisotopic (exact) mass is 310 g/mol. The molecule has 1 heterocycles. The Morgan fingerprint density at radius 1 is 1.45 bits per heavy atom. The lowest BCUT2D eigenvalue weighted by atomic mass is 10.1. The minimum absolute atomic E-state index is 0.185. The molecule has 0 unspecified atom stereocenters. The van der Waals surface area contributed by atoms with Crippen molar-refractivity contribution < 1.29 is 9.53 Å². The van der Waals surface area contributed by atoms with E-state index < -0.39 is 0 Å². The zero-order valence-electron chi connectivity index (χ0n) is 11.5. The highest BCUT2D eigenvalue weighted by Crippen LogP contribution is 2.27. The molecule has 1 amide bonds. The van der Waals surface area contributed by atoms with Crippen LogP contribution in [0.3, 0.4) is 0 Å². The van der Waals surface area contributed by atoms with Crippen LogP contribution in [0.1, 0.15) is 12.5 Å². The maximum Gasteiger partial charge on any atom is 0.297 e. The SMILES string of the molecule is CCN1C(=O)/C(=C\c2ccc(N(C)C)cc2Cl)OC1=S. The quantitative estimate of drug-likeness (QED) is 0.635. The summed E-state index contributed by atoms with van der Waals surface area (Å²) in [7, 11) is 3.87. The first kappa shape index (κ1) is 14.8. The standard InChI is InChI=1S/C14H15ClN2O2S/c1-4-17-13(18)12(19-14(17)20)7-9-5-6-10(16(2)3)8-11(9)15/h5-8H,4H2,1-3H3/b12-7+. The van der Waals surface area contributed by atoms with E-state index in [-0.39, 0.29) is 16.8 Å². The Kier molecular flexibility index (Phi) is 4.30. The third-order valence-corrected chi connectivity index (χ3v) is 3.61. The predicted molar refractivity (Wildman–Crippen MR) is 84.8 cm³/mol. The molecule has 6 heteroatoms. The van der Waals surface area contributed by atoms with Crippen molar-refractivity contribution in [2.75, 3.05) is 25.5 Å². The Balaban J connectivity index is 2.32. The number of amides is 1. The predicted octanol–water partition coefficient (Wildman–Crippen LogP) is 2.91. The van der Waals surface area contributed by atoms with Crippen LogP contribution in [-0.2, 0) is 9.53 Å². The highest BCUT2D eigenvalue weighted by atomic mass is 35.5. The molecule has 106 valence electrons. The van der Waals surface area contributed by atoms with Gasteiger partial charge in [0, 0.05) is 31.4 Å². The summed E-state index contributed by atoms with van der Waals surface area (Å²) in [5, 5.41) is 0.741. The van der Waals surface area contributed by atoms with Crippen molar-refractivity contribution in [2.45, 2.75) is 6.92 Å². The molecule has 1 saturated heterocycles. The molecule has 0 atom stereocenters. The average Bonchev–Trinajstić information content (AvgIpc) is 2.66. The fourth-order valence-electron chi connectivity index (χ4n) is 1.83. The first-order valence-corrected chi connectivity index (χ1v) is 6.95. The van der Waals surface area contributed by atoms with Crippen molar-refractivity contribution >= 4 is 46.7 Å². The highest BCUT2D eigenvalue weighted by Gasteiger charge is 2.32. The highest BCUT2D eigenvalue weighted by molar-refractivity contribution is 7.80. The largest absolute Gasteiger partial charge is 0.426 e. The lowest BCUT2D eigenvalue weighted by Crippen LogP contribution is -2.27. The minimum atomic E-state index is -0.231.